The van der Waals surface area contributed by atoms with Crippen LogP contribution in [0.15, 0.2) is 24.3 Å². The number of nitrogens with zero attached hydrogens (tertiary/aromatic N) is 3. The molecule has 3 heterocycles. The summed E-state index contributed by atoms with van der Waals surface area (Å²) >= 11 is 8.01. The highest BCUT2D eigenvalue weighted by Crippen LogP contribution is 2.42. The van der Waals surface area contributed by atoms with Gasteiger partial charge in [-0.2, -0.15) is 4.98 Å². The van der Waals surface area contributed by atoms with Gasteiger partial charge in [0.1, 0.15) is 10.6 Å². The van der Waals surface area contributed by atoms with Crippen molar-refractivity contribution < 1.29 is 0 Å². The van der Waals surface area contributed by atoms with Gasteiger partial charge in [-0.1, -0.05) is 44.0 Å². The molecule has 0 amide bonds. The Hall–Kier alpha value is -1.65. The quantitative estimate of drug-likeness (QED) is 0.498. The van der Waals surface area contributed by atoms with Crippen LogP contribution in [0.2, 0.25) is 5.28 Å². The fourth-order valence-corrected chi connectivity index (χ4v) is 5.09. The van der Waals surface area contributed by atoms with Crippen molar-refractivity contribution >= 4 is 39.0 Å². The van der Waals surface area contributed by atoms with E-state index in [1.54, 1.807) is 11.3 Å². The van der Waals surface area contributed by atoms with Gasteiger partial charge in [0.15, 0.2) is 0 Å². The smallest absolute Gasteiger partial charge is 0.225 e. The van der Waals surface area contributed by atoms with Crippen LogP contribution in [0.3, 0.4) is 0 Å². The molecule has 26 heavy (non-hydrogen) atoms. The number of rotatable bonds is 3. The zero-order chi connectivity index (χ0) is 18.1. The number of halogens is 1. The molecule has 0 bridgehead atoms. The van der Waals surface area contributed by atoms with E-state index in [1.807, 2.05) is 0 Å². The Morgan fingerprint density at radius 1 is 1.04 bits per heavy atom. The first-order chi connectivity index (χ1) is 12.7. The number of aryl methyl sites for hydroxylation is 2. The Balaban J connectivity index is 1.90. The second-order valence-electron chi connectivity index (χ2n) is 6.98. The molecular weight excluding hydrogens is 362 g/mol. The summed E-state index contributed by atoms with van der Waals surface area (Å²) in [4.78, 5) is 13.9. The van der Waals surface area contributed by atoms with E-state index in [2.05, 4.69) is 53.0 Å². The molecule has 0 atom stereocenters. The monoisotopic (exact) mass is 385 g/mol. The summed E-state index contributed by atoms with van der Waals surface area (Å²) in [6.45, 7) is 6.46. The predicted molar refractivity (Wildman–Crippen MR) is 113 cm³/mol. The van der Waals surface area contributed by atoms with Gasteiger partial charge >= 0.3 is 0 Å². The molecule has 3 aromatic rings. The summed E-state index contributed by atoms with van der Waals surface area (Å²) in [6, 6.07) is 8.91. The van der Waals surface area contributed by atoms with Crippen molar-refractivity contribution in [2.75, 3.05) is 18.0 Å². The molecule has 1 aliphatic heterocycles. The topological polar surface area (TPSA) is 29.0 Å². The second kappa shape index (κ2) is 7.53. The van der Waals surface area contributed by atoms with E-state index in [0.717, 1.165) is 30.2 Å². The van der Waals surface area contributed by atoms with Crippen LogP contribution in [0.1, 0.15) is 43.0 Å². The Bertz CT molecular complexity index is 909. The maximum Gasteiger partial charge on any atom is 0.225 e. The Labute approximate surface area is 164 Å². The number of benzene rings is 1. The van der Waals surface area contributed by atoms with Crippen LogP contribution in [0.4, 0.5) is 5.82 Å². The third kappa shape index (κ3) is 3.33. The number of aromatic nitrogens is 2. The van der Waals surface area contributed by atoms with Crippen molar-refractivity contribution in [1.29, 1.82) is 0 Å². The molecule has 4 rings (SSSR count). The van der Waals surface area contributed by atoms with Gasteiger partial charge in [0, 0.05) is 23.5 Å². The number of anilines is 1. The summed E-state index contributed by atoms with van der Waals surface area (Å²) in [5, 5.41) is 1.52. The number of hydrogen-bond acceptors (Lipinski definition) is 4. The first-order valence-electron chi connectivity index (χ1n) is 9.48. The highest BCUT2D eigenvalue weighted by Gasteiger charge is 2.22. The molecular formula is C21H24ClN3S. The third-order valence-electron chi connectivity index (χ3n) is 5.24. The van der Waals surface area contributed by atoms with Crippen LogP contribution < -0.4 is 4.90 Å². The molecule has 2 aromatic heterocycles. The molecule has 136 valence electrons. The van der Waals surface area contributed by atoms with Gasteiger partial charge in [-0.15, -0.1) is 11.3 Å². The SMILES string of the molecule is CCc1ccc(-c2c(C)sc3nc(Cl)nc(N4CCCCCC4)c23)cc1. The summed E-state index contributed by atoms with van der Waals surface area (Å²) in [7, 11) is 0. The lowest BCUT2D eigenvalue weighted by atomic mass is 10.0. The molecule has 0 N–H and O–H groups in total. The van der Waals surface area contributed by atoms with Gasteiger partial charge in [0.05, 0.1) is 5.39 Å². The normalized spacial score (nSPS) is 15.4. The second-order valence-corrected chi connectivity index (χ2v) is 8.52. The van der Waals surface area contributed by atoms with Crippen LogP contribution in [0.25, 0.3) is 21.3 Å². The highest BCUT2D eigenvalue weighted by atomic mass is 35.5. The average molecular weight is 386 g/mol. The van der Waals surface area contributed by atoms with Crippen molar-refractivity contribution in [1.82, 2.24) is 9.97 Å². The molecule has 1 saturated heterocycles. The van der Waals surface area contributed by atoms with Crippen LogP contribution in [-0.2, 0) is 6.42 Å². The molecule has 0 radical (unpaired) electrons. The average Bonchev–Trinajstić information content (AvgIpc) is 2.82. The van der Waals surface area contributed by atoms with Crippen molar-refractivity contribution in [3.8, 4) is 11.1 Å². The number of fused-ring (bicyclic) bond motifs is 1. The van der Waals surface area contributed by atoms with E-state index >= 15 is 0 Å². The Kier molecular flexibility index (Phi) is 5.14. The molecule has 0 aliphatic carbocycles. The Morgan fingerprint density at radius 2 is 1.73 bits per heavy atom. The number of thiophene rings is 1. The van der Waals surface area contributed by atoms with Crippen LogP contribution in [0.5, 0.6) is 0 Å². The maximum atomic E-state index is 6.29. The van der Waals surface area contributed by atoms with Crippen molar-refractivity contribution in [3.63, 3.8) is 0 Å². The lowest BCUT2D eigenvalue weighted by Gasteiger charge is -2.23. The van der Waals surface area contributed by atoms with Crippen molar-refractivity contribution in [3.05, 3.63) is 40.0 Å². The summed E-state index contributed by atoms with van der Waals surface area (Å²) in [5.74, 6) is 1.01. The molecule has 0 saturated carbocycles. The van der Waals surface area contributed by atoms with Gasteiger partial charge in [0.2, 0.25) is 5.28 Å². The zero-order valence-corrected chi connectivity index (χ0v) is 17.0. The first kappa shape index (κ1) is 17.7. The number of hydrogen-bond donors (Lipinski definition) is 0. The van der Waals surface area contributed by atoms with Crippen LogP contribution in [0, 0.1) is 6.92 Å². The molecule has 3 nitrogen and oxygen atoms in total. The largest absolute Gasteiger partial charge is 0.356 e. The lowest BCUT2D eigenvalue weighted by molar-refractivity contribution is 0.726. The van der Waals surface area contributed by atoms with E-state index in [1.165, 1.54) is 52.6 Å². The van der Waals surface area contributed by atoms with Crippen LogP contribution >= 0.6 is 22.9 Å². The zero-order valence-electron chi connectivity index (χ0n) is 15.4. The van der Waals surface area contributed by atoms with Crippen molar-refractivity contribution in [2.45, 2.75) is 46.0 Å². The molecule has 0 spiro atoms. The fraction of sp³-hybridized carbons (Fsp3) is 0.429. The summed E-state index contributed by atoms with van der Waals surface area (Å²) in [6.07, 6.45) is 6.08. The van der Waals surface area contributed by atoms with E-state index in [4.69, 9.17) is 11.6 Å². The standard InChI is InChI=1S/C21H24ClN3S/c1-3-15-8-10-16(11-9-15)17-14(2)26-20-18(17)19(23-21(22)24-20)25-12-6-4-5-7-13-25/h8-11H,3-7,12-13H2,1-2H3. The van der Waals surface area contributed by atoms with Gasteiger partial charge in [-0.05, 0) is 48.9 Å². The first-order valence-corrected chi connectivity index (χ1v) is 10.7. The van der Waals surface area contributed by atoms with Gasteiger partial charge in [-0.25, -0.2) is 4.98 Å². The molecule has 1 fully saturated rings. The molecule has 1 aromatic carbocycles. The lowest BCUT2D eigenvalue weighted by Crippen LogP contribution is -2.25. The van der Waals surface area contributed by atoms with E-state index in [-0.39, 0.29) is 0 Å². The third-order valence-corrected chi connectivity index (χ3v) is 6.41. The predicted octanol–water partition coefficient (Wildman–Crippen LogP) is 6.26. The summed E-state index contributed by atoms with van der Waals surface area (Å²) < 4.78 is 0. The Morgan fingerprint density at radius 3 is 2.38 bits per heavy atom. The summed E-state index contributed by atoms with van der Waals surface area (Å²) in [5.41, 5.74) is 3.87. The minimum atomic E-state index is 0.353. The van der Waals surface area contributed by atoms with Crippen LogP contribution in [-0.4, -0.2) is 23.1 Å². The maximum absolute atomic E-state index is 6.29. The van der Waals surface area contributed by atoms with Crippen molar-refractivity contribution in [2.24, 2.45) is 0 Å². The molecule has 0 unspecified atom stereocenters. The highest BCUT2D eigenvalue weighted by molar-refractivity contribution is 7.19. The molecule has 1 aliphatic rings. The van der Waals surface area contributed by atoms with E-state index in [9.17, 15) is 0 Å². The fourth-order valence-electron chi connectivity index (χ4n) is 3.83. The minimum Gasteiger partial charge on any atom is -0.356 e. The van der Waals surface area contributed by atoms with Gasteiger partial charge in [0.25, 0.3) is 0 Å². The molecule has 5 heteroatoms. The minimum absolute atomic E-state index is 0.353. The van der Waals surface area contributed by atoms with E-state index < -0.39 is 0 Å². The van der Waals surface area contributed by atoms with Gasteiger partial charge < -0.3 is 4.90 Å². The van der Waals surface area contributed by atoms with E-state index in [0.29, 0.717) is 5.28 Å². The van der Waals surface area contributed by atoms with Gasteiger partial charge in [-0.3, -0.25) is 0 Å².